The second-order valence-corrected chi connectivity index (χ2v) is 10.9. The lowest BCUT2D eigenvalue weighted by atomic mass is 10.2. The van der Waals surface area contributed by atoms with E-state index in [9.17, 15) is 23.3 Å². The summed E-state index contributed by atoms with van der Waals surface area (Å²) in [4.78, 5) is 29.0. The van der Waals surface area contributed by atoms with Crippen molar-refractivity contribution in [3.8, 4) is 0 Å². The lowest BCUT2D eigenvalue weighted by molar-refractivity contribution is -0.384. The van der Waals surface area contributed by atoms with Gasteiger partial charge in [-0.25, -0.2) is 8.42 Å². The van der Waals surface area contributed by atoms with E-state index in [1.165, 1.54) is 36.0 Å². The molecule has 29 heavy (non-hydrogen) atoms. The number of hydrogen-bond acceptors (Lipinski definition) is 6. The third-order valence-corrected chi connectivity index (χ3v) is 8.41. The van der Waals surface area contributed by atoms with Gasteiger partial charge in [-0.3, -0.25) is 14.9 Å². The largest absolute Gasteiger partial charge is 0.316 e. The molecule has 2 saturated heterocycles. The van der Waals surface area contributed by atoms with Crippen LogP contribution in [0, 0.1) is 10.1 Å². The SMILES string of the molecule is O=C(N=C1S[C@@H]2CS(=O)(=O)C[C@H]2N1c1ccc(Br)cc1)c1cccc([N+](=O)[O-])c1. The van der Waals surface area contributed by atoms with Crippen molar-refractivity contribution in [3.63, 3.8) is 0 Å². The minimum absolute atomic E-state index is 0.00918. The molecule has 0 unspecified atom stereocenters. The van der Waals surface area contributed by atoms with Crippen LogP contribution in [0.2, 0.25) is 0 Å². The number of nitro groups is 1. The van der Waals surface area contributed by atoms with Gasteiger partial charge in [-0.05, 0) is 30.3 Å². The number of non-ortho nitro benzene ring substituents is 1. The maximum atomic E-state index is 12.7. The molecular formula is C18H14BrN3O5S2. The number of benzene rings is 2. The van der Waals surface area contributed by atoms with Gasteiger partial charge in [-0.15, -0.1) is 0 Å². The van der Waals surface area contributed by atoms with E-state index in [0.717, 1.165) is 10.2 Å². The fraction of sp³-hybridized carbons (Fsp3) is 0.222. The summed E-state index contributed by atoms with van der Waals surface area (Å²) in [6, 6.07) is 12.4. The first-order valence-corrected chi connectivity index (χ1v) is 12.0. The fourth-order valence-corrected chi connectivity index (χ4v) is 7.55. The van der Waals surface area contributed by atoms with E-state index in [-0.39, 0.29) is 34.0 Å². The Labute approximate surface area is 179 Å². The molecule has 2 aromatic rings. The molecule has 0 saturated carbocycles. The predicted octanol–water partition coefficient (Wildman–Crippen LogP) is 3.27. The Morgan fingerprint density at radius 3 is 2.62 bits per heavy atom. The molecule has 2 aliphatic rings. The molecule has 4 rings (SSSR count). The lowest BCUT2D eigenvalue weighted by Crippen LogP contribution is -2.37. The van der Waals surface area contributed by atoms with Crippen molar-refractivity contribution in [2.24, 2.45) is 4.99 Å². The Hall–Kier alpha value is -2.24. The van der Waals surface area contributed by atoms with Crippen molar-refractivity contribution < 1.29 is 18.1 Å². The number of rotatable bonds is 3. The number of anilines is 1. The number of halogens is 1. The van der Waals surface area contributed by atoms with Crippen LogP contribution in [0.3, 0.4) is 0 Å². The number of sulfone groups is 1. The van der Waals surface area contributed by atoms with E-state index in [0.29, 0.717) is 5.17 Å². The number of carbonyl (C=O) groups excluding carboxylic acids is 1. The zero-order valence-electron chi connectivity index (χ0n) is 14.8. The summed E-state index contributed by atoms with van der Waals surface area (Å²) in [5, 5.41) is 11.1. The zero-order chi connectivity index (χ0) is 20.8. The highest BCUT2D eigenvalue weighted by atomic mass is 79.9. The molecule has 0 aliphatic carbocycles. The zero-order valence-corrected chi connectivity index (χ0v) is 18.0. The van der Waals surface area contributed by atoms with Crippen molar-refractivity contribution in [2.75, 3.05) is 16.4 Å². The van der Waals surface area contributed by atoms with Gasteiger partial charge in [0.1, 0.15) is 0 Å². The van der Waals surface area contributed by atoms with Crippen molar-refractivity contribution in [2.45, 2.75) is 11.3 Å². The van der Waals surface area contributed by atoms with Crippen LogP contribution in [0.5, 0.6) is 0 Å². The molecule has 2 fully saturated rings. The van der Waals surface area contributed by atoms with Crippen LogP contribution < -0.4 is 4.90 Å². The second kappa shape index (κ2) is 7.54. The Kier molecular flexibility index (Phi) is 5.21. The smallest absolute Gasteiger partial charge is 0.279 e. The van der Waals surface area contributed by atoms with Gasteiger partial charge in [0.2, 0.25) is 0 Å². The predicted molar refractivity (Wildman–Crippen MR) is 115 cm³/mol. The number of carbonyl (C=O) groups is 1. The van der Waals surface area contributed by atoms with Crippen molar-refractivity contribution in [1.29, 1.82) is 0 Å². The minimum Gasteiger partial charge on any atom is -0.316 e. The Balaban J connectivity index is 1.71. The van der Waals surface area contributed by atoms with Gasteiger partial charge in [-0.1, -0.05) is 33.8 Å². The van der Waals surface area contributed by atoms with Crippen LogP contribution >= 0.6 is 27.7 Å². The number of amidine groups is 1. The maximum absolute atomic E-state index is 12.7. The number of thioether (sulfide) groups is 1. The number of hydrogen-bond donors (Lipinski definition) is 0. The number of amides is 1. The van der Waals surface area contributed by atoms with Crippen molar-refractivity contribution in [1.82, 2.24) is 0 Å². The maximum Gasteiger partial charge on any atom is 0.279 e. The van der Waals surface area contributed by atoms with E-state index in [4.69, 9.17) is 0 Å². The first-order chi connectivity index (χ1) is 13.7. The van der Waals surface area contributed by atoms with E-state index >= 15 is 0 Å². The summed E-state index contributed by atoms with van der Waals surface area (Å²) >= 11 is 4.63. The molecule has 0 bridgehead atoms. The number of fused-ring (bicyclic) bond motifs is 1. The second-order valence-electron chi connectivity index (χ2n) is 6.65. The molecule has 0 aromatic heterocycles. The molecule has 1 amide bonds. The highest BCUT2D eigenvalue weighted by molar-refractivity contribution is 9.10. The number of nitrogens with zero attached hydrogens (tertiary/aromatic N) is 3. The molecule has 0 N–H and O–H groups in total. The summed E-state index contributed by atoms with van der Waals surface area (Å²) in [7, 11) is -3.16. The van der Waals surface area contributed by atoms with E-state index in [1.807, 2.05) is 24.3 Å². The Morgan fingerprint density at radius 2 is 1.93 bits per heavy atom. The highest BCUT2D eigenvalue weighted by Crippen LogP contribution is 2.41. The van der Waals surface area contributed by atoms with E-state index in [1.54, 1.807) is 4.90 Å². The Morgan fingerprint density at radius 1 is 1.21 bits per heavy atom. The van der Waals surface area contributed by atoms with Crippen molar-refractivity contribution >= 4 is 60.0 Å². The molecule has 2 heterocycles. The number of nitro benzene ring substituents is 1. The molecule has 11 heteroatoms. The summed E-state index contributed by atoms with van der Waals surface area (Å²) in [6.45, 7) is 0. The summed E-state index contributed by atoms with van der Waals surface area (Å²) < 4.78 is 25.1. The summed E-state index contributed by atoms with van der Waals surface area (Å²) in [5.41, 5.74) is 0.645. The van der Waals surface area contributed by atoms with Crippen LogP contribution in [0.4, 0.5) is 11.4 Å². The third-order valence-electron chi connectivity index (χ3n) is 4.67. The van der Waals surface area contributed by atoms with Gasteiger partial charge in [0.25, 0.3) is 11.6 Å². The molecule has 2 aliphatic heterocycles. The normalized spacial score (nSPS) is 23.9. The average molecular weight is 496 g/mol. The highest BCUT2D eigenvalue weighted by Gasteiger charge is 2.49. The summed E-state index contributed by atoms with van der Waals surface area (Å²) in [6.07, 6.45) is 0. The fourth-order valence-electron chi connectivity index (χ4n) is 3.37. The molecule has 2 atom stereocenters. The van der Waals surface area contributed by atoms with Gasteiger partial charge in [0.05, 0.1) is 22.5 Å². The first kappa shape index (κ1) is 20.0. The molecule has 0 spiro atoms. The van der Waals surface area contributed by atoms with Crippen LogP contribution in [0.1, 0.15) is 10.4 Å². The molecular weight excluding hydrogens is 482 g/mol. The van der Waals surface area contributed by atoms with Crippen LogP contribution in [-0.2, 0) is 9.84 Å². The average Bonchev–Trinajstić information content (AvgIpc) is 3.13. The van der Waals surface area contributed by atoms with Gasteiger partial charge in [0, 0.05) is 33.1 Å². The number of aliphatic imine (C=N–C) groups is 1. The molecule has 150 valence electrons. The van der Waals surface area contributed by atoms with Crippen LogP contribution in [0.25, 0.3) is 0 Å². The van der Waals surface area contributed by atoms with Crippen LogP contribution in [0.15, 0.2) is 58.0 Å². The minimum atomic E-state index is -3.16. The first-order valence-electron chi connectivity index (χ1n) is 8.53. The third kappa shape index (κ3) is 4.07. The van der Waals surface area contributed by atoms with Crippen LogP contribution in [-0.4, -0.2) is 47.2 Å². The quantitative estimate of drug-likeness (QED) is 0.474. The van der Waals surface area contributed by atoms with Gasteiger partial charge in [-0.2, -0.15) is 4.99 Å². The summed E-state index contributed by atoms with van der Waals surface area (Å²) in [5.74, 6) is -0.592. The molecule has 2 aromatic carbocycles. The van der Waals surface area contributed by atoms with E-state index in [2.05, 4.69) is 20.9 Å². The van der Waals surface area contributed by atoms with E-state index < -0.39 is 20.7 Å². The topological polar surface area (TPSA) is 110 Å². The monoisotopic (exact) mass is 495 g/mol. The standard InChI is InChI=1S/C18H14BrN3O5S2/c19-12-4-6-13(7-5-12)21-15-9-29(26,27)10-16(15)28-18(21)20-17(23)11-2-1-3-14(8-11)22(24)25/h1-8,15-16H,9-10H2/t15-,16-/m1/s1. The van der Waals surface area contributed by atoms with Gasteiger partial charge < -0.3 is 4.90 Å². The van der Waals surface area contributed by atoms with Gasteiger partial charge in [0.15, 0.2) is 15.0 Å². The Bertz CT molecular complexity index is 1130. The van der Waals surface area contributed by atoms with Gasteiger partial charge >= 0.3 is 0 Å². The molecule has 0 radical (unpaired) electrons. The van der Waals surface area contributed by atoms with Crippen molar-refractivity contribution in [3.05, 3.63) is 68.7 Å². The lowest BCUT2D eigenvalue weighted by Gasteiger charge is -2.24. The molecule has 8 nitrogen and oxygen atoms in total.